The van der Waals surface area contributed by atoms with Crippen molar-refractivity contribution in [1.82, 2.24) is 5.32 Å². The molecule has 2 unspecified atom stereocenters. The quantitative estimate of drug-likeness (QED) is 0.519. The lowest BCUT2D eigenvalue weighted by Gasteiger charge is -2.26. The Morgan fingerprint density at radius 1 is 1.05 bits per heavy atom. The Hall–Kier alpha value is -0.240. The first-order valence-electron chi connectivity index (χ1n) is 8.35. The third-order valence-electron chi connectivity index (χ3n) is 4.63. The summed E-state index contributed by atoms with van der Waals surface area (Å²) in [6, 6.07) is 6.11. The van der Waals surface area contributed by atoms with Gasteiger partial charge in [-0.2, -0.15) is 0 Å². The Morgan fingerprint density at radius 3 is 2.52 bits per heavy atom. The Labute approximate surface area is 139 Å². The molecule has 1 aliphatic rings. The third-order valence-corrected chi connectivity index (χ3v) is 5.37. The average Bonchev–Trinajstić information content (AvgIpc) is 2.69. The van der Waals surface area contributed by atoms with Gasteiger partial charge in [0.25, 0.3) is 0 Å². The van der Waals surface area contributed by atoms with E-state index in [0.29, 0.717) is 10.0 Å². The molecule has 2 atom stereocenters. The molecular weight excluding hydrogens is 301 g/mol. The van der Waals surface area contributed by atoms with Crippen molar-refractivity contribution in [1.29, 1.82) is 0 Å². The van der Waals surface area contributed by atoms with Crippen LogP contribution in [0.5, 0.6) is 0 Å². The molecule has 1 saturated carbocycles. The van der Waals surface area contributed by atoms with Crippen LogP contribution in [-0.2, 0) is 6.42 Å². The molecule has 0 spiro atoms. The maximum absolute atomic E-state index is 6.16. The van der Waals surface area contributed by atoms with E-state index in [1.165, 1.54) is 50.6 Å². The molecule has 0 radical (unpaired) electrons. The molecule has 2 rings (SSSR count). The van der Waals surface area contributed by atoms with Gasteiger partial charge >= 0.3 is 0 Å². The Bertz CT molecular complexity index is 433. The monoisotopic (exact) mass is 327 g/mol. The maximum atomic E-state index is 6.16. The Morgan fingerprint density at radius 2 is 1.81 bits per heavy atom. The maximum Gasteiger partial charge on any atom is 0.0595 e. The summed E-state index contributed by atoms with van der Waals surface area (Å²) < 4.78 is 0. The smallest absolute Gasteiger partial charge is 0.0595 e. The van der Waals surface area contributed by atoms with E-state index in [9.17, 15) is 0 Å². The van der Waals surface area contributed by atoms with Crippen molar-refractivity contribution in [3.63, 3.8) is 0 Å². The van der Waals surface area contributed by atoms with Crippen molar-refractivity contribution in [2.24, 2.45) is 11.8 Å². The second-order valence-electron chi connectivity index (χ2n) is 6.31. The third kappa shape index (κ3) is 5.47. The normalized spacial score (nSPS) is 23.0. The van der Waals surface area contributed by atoms with Gasteiger partial charge in [-0.25, -0.2) is 0 Å². The van der Waals surface area contributed by atoms with Gasteiger partial charge in [0, 0.05) is 0 Å². The van der Waals surface area contributed by atoms with Crippen LogP contribution in [0.15, 0.2) is 18.2 Å². The topological polar surface area (TPSA) is 12.0 Å². The molecule has 1 aliphatic carbocycles. The lowest BCUT2D eigenvalue weighted by Crippen LogP contribution is -2.29. The molecule has 21 heavy (non-hydrogen) atoms. The summed E-state index contributed by atoms with van der Waals surface area (Å²) in [6.45, 7) is 4.53. The van der Waals surface area contributed by atoms with Crippen molar-refractivity contribution < 1.29 is 0 Å². The van der Waals surface area contributed by atoms with E-state index < -0.39 is 0 Å². The van der Waals surface area contributed by atoms with Crippen LogP contribution in [0, 0.1) is 11.8 Å². The minimum atomic E-state index is 0.655. The highest BCUT2D eigenvalue weighted by Crippen LogP contribution is 2.32. The van der Waals surface area contributed by atoms with E-state index in [2.05, 4.69) is 18.3 Å². The summed E-state index contributed by atoms with van der Waals surface area (Å²) in [4.78, 5) is 0. The van der Waals surface area contributed by atoms with E-state index in [0.717, 1.165) is 24.8 Å². The van der Waals surface area contributed by atoms with Crippen molar-refractivity contribution in [2.75, 3.05) is 13.1 Å². The zero-order valence-electron chi connectivity index (χ0n) is 13.0. The van der Waals surface area contributed by atoms with Crippen molar-refractivity contribution in [3.8, 4) is 0 Å². The first kappa shape index (κ1) is 17.1. The molecule has 0 amide bonds. The van der Waals surface area contributed by atoms with Crippen LogP contribution < -0.4 is 5.32 Å². The van der Waals surface area contributed by atoms with Crippen molar-refractivity contribution >= 4 is 23.2 Å². The second-order valence-corrected chi connectivity index (χ2v) is 7.13. The lowest BCUT2D eigenvalue weighted by atomic mass is 9.83. The minimum absolute atomic E-state index is 0.655. The van der Waals surface area contributed by atoms with Gasteiger partial charge in [0.1, 0.15) is 0 Å². The number of nitrogens with one attached hydrogen (secondary N) is 1. The van der Waals surface area contributed by atoms with Crippen LogP contribution in [0.25, 0.3) is 0 Å². The first-order valence-corrected chi connectivity index (χ1v) is 9.11. The summed E-state index contributed by atoms with van der Waals surface area (Å²) in [5.41, 5.74) is 1.33. The van der Waals surface area contributed by atoms with Crippen LogP contribution in [0.1, 0.15) is 51.0 Å². The van der Waals surface area contributed by atoms with Gasteiger partial charge in [0.15, 0.2) is 0 Å². The Balaban J connectivity index is 1.99. The predicted molar refractivity (Wildman–Crippen MR) is 93.4 cm³/mol. The largest absolute Gasteiger partial charge is 0.316 e. The van der Waals surface area contributed by atoms with E-state index >= 15 is 0 Å². The number of hydrogen-bond donors (Lipinski definition) is 1. The van der Waals surface area contributed by atoms with Crippen LogP contribution in [0.4, 0.5) is 0 Å². The minimum Gasteiger partial charge on any atom is -0.316 e. The van der Waals surface area contributed by atoms with Crippen LogP contribution >= 0.6 is 23.2 Å². The van der Waals surface area contributed by atoms with Gasteiger partial charge in [-0.3, -0.25) is 0 Å². The molecule has 0 aromatic heterocycles. The molecule has 118 valence electrons. The molecule has 1 nitrogen and oxygen atoms in total. The summed E-state index contributed by atoms with van der Waals surface area (Å²) >= 11 is 12.2. The fourth-order valence-electron chi connectivity index (χ4n) is 3.43. The van der Waals surface area contributed by atoms with E-state index in [1.807, 2.05) is 12.1 Å². The second kappa shape index (κ2) is 9.02. The summed E-state index contributed by atoms with van der Waals surface area (Å²) in [6.07, 6.45) is 9.20. The molecule has 1 aromatic carbocycles. The van der Waals surface area contributed by atoms with E-state index in [4.69, 9.17) is 23.2 Å². The molecule has 0 saturated heterocycles. The summed E-state index contributed by atoms with van der Waals surface area (Å²) in [5, 5.41) is 4.96. The molecule has 1 fully saturated rings. The summed E-state index contributed by atoms with van der Waals surface area (Å²) in [7, 11) is 0. The highest BCUT2D eigenvalue weighted by molar-refractivity contribution is 6.42. The zero-order chi connectivity index (χ0) is 15.1. The predicted octanol–water partition coefficient (Wildman–Crippen LogP) is 5.73. The fraction of sp³-hybridized carbons (Fsp3) is 0.667. The molecule has 0 aliphatic heterocycles. The Kier molecular flexibility index (Phi) is 7.36. The molecular formula is C18H27Cl2N. The van der Waals surface area contributed by atoms with Gasteiger partial charge in [-0.1, -0.05) is 55.5 Å². The first-order chi connectivity index (χ1) is 10.2. The van der Waals surface area contributed by atoms with E-state index in [-0.39, 0.29) is 0 Å². The van der Waals surface area contributed by atoms with Gasteiger partial charge in [-0.05, 0) is 68.3 Å². The molecule has 0 bridgehead atoms. The molecule has 0 heterocycles. The standard InChI is InChI=1S/C18H27Cl2N/c1-2-10-21-13-16-7-5-3-4-6-15(16)11-14-8-9-17(19)18(20)12-14/h8-9,12,15-16,21H,2-7,10-11,13H2,1H3. The van der Waals surface area contributed by atoms with Gasteiger partial charge < -0.3 is 5.32 Å². The van der Waals surface area contributed by atoms with Gasteiger partial charge in [0.05, 0.1) is 10.0 Å². The number of benzene rings is 1. The lowest BCUT2D eigenvalue weighted by molar-refractivity contribution is 0.298. The van der Waals surface area contributed by atoms with Crippen molar-refractivity contribution in [2.45, 2.75) is 51.9 Å². The fourth-order valence-corrected chi connectivity index (χ4v) is 3.75. The highest BCUT2D eigenvalue weighted by atomic mass is 35.5. The van der Waals surface area contributed by atoms with E-state index in [1.54, 1.807) is 0 Å². The molecule has 3 heteroatoms. The molecule has 1 N–H and O–H groups in total. The SMILES string of the molecule is CCCNCC1CCCCCC1Cc1ccc(Cl)c(Cl)c1. The van der Waals surface area contributed by atoms with Gasteiger partial charge in [-0.15, -0.1) is 0 Å². The summed E-state index contributed by atoms with van der Waals surface area (Å²) in [5.74, 6) is 1.57. The average molecular weight is 328 g/mol. The number of hydrogen-bond acceptors (Lipinski definition) is 1. The van der Waals surface area contributed by atoms with Crippen LogP contribution in [0.2, 0.25) is 10.0 Å². The number of halogens is 2. The van der Waals surface area contributed by atoms with Gasteiger partial charge in [0.2, 0.25) is 0 Å². The van der Waals surface area contributed by atoms with Crippen molar-refractivity contribution in [3.05, 3.63) is 33.8 Å². The molecule has 1 aromatic rings. The van der Waals surface area contributed by atoms with Crippen LogP contribution in [0.3, 0.4) is 0 Å². The highest BCUT2D eigenvalue weighted by Gasteiger charge is 2.23. The number of rotatable bonds is 6. The van der Waals surface area contributed by atoms with Crippen LogP contribution in [-0.4, -0.2) is 13.1 Å². The zero-order valence-corrected chi connectivity index (χ0v) is 14.5.